The van der Waals surface area contributed by atoms with E-state index in [9.17, 15) is 9.90 Å². The first-order valence-electron chi connectivity index (χ1n) is 8.73. The fourth-order valence-corrected chi connectivity index (χ4v) is 2.38. The van der Waals surface area contributed by atoms with Crippen LogP contribution in [-0.4, -0.2) is 22.3 Å². The predicted octanol–water partition coefficient (Wildman–Crippen LogP) is 5.08. The summed E-state index contributed by atoms with van der Waals surface area (Å²) < 4.78 is 0. The number of allylic oxidation sites excluding steroid dienone is 1. The molecule has 0 aromatic carbocycles. The van der Waals surface area contributed by atoms with Crippen LogP contribution in [0.2, 0.25) is 0 Å². The number of aliphatic carboxylic acids is 1. The summed E-state index contributed by atoms with van der Waals surface area (Å²) in [5.74, 6) is -0.693. The summed E-state index contributed by atoms with van der Waals surface area (Å²) in [6.45, 7) is 2.21. The monoisotopic (exact) mass is 298 g/mol. The van der Waals surface area contributed by atoms with E-state index in [0.29, 0.717) is 6.42 Å². The number of unbranched alkanes of at least 4 members (excludes halogenated alkanes) is 9. The number of carboxylic acid groups (broad SMARTS) is 1. The second kappa shape index (κ2) is 15.6. The first-order valence-corrected chi connectivity index (χ1v) is 8.73. The molecule has 0 amide bonds. The van der Waals surface area contributed by atoms with E-state index >= 15 is 0 Å². The number of hydrogen-bond acceptors (Lipinski definition) is 2. The van der Waals surface area contributed by atoms with Crippen molar-refractivity contribution in [1.29, 1.82) is 0 Å². The molecule has 0 bridgehead atoms. The minimum atomic E-state index is -0.693. The van der Waals surface area contributed by atoms with Crippen LogP contribution < -0.4 is 0 Å². The summed E-state index contributed by atoms with van der Waals surface area (Å²) in [5.41, 5.74) is 0. The van der Waals surface area contributed by atoms with Crippen molar-refractivity contribution in [2.45, 2.75) is 96.5 Å². The van der Waals surface area contributed by atoms with Crippen LogP contribution in [-0.2, 0) is 4.79 Å². The first-order chi connectivity index (χ1) is 10.2. The molecule has 0 rings (SSSR count). The van der Waals surface area contributed by atoms with E-state index < -0.39 is 5.97 Å². The molecule has 0 aromatic rings. The Balaban J connectivity index is 3.28. The van der Waals surface area contributed by atoms with Gasteiger partial charge in [0.2, 0.25) is 0 Å². The van der Waals surface area contributed by atoms with E-state index in [1.54, 1.807) is 0 Å². The van der Waals surface area contributed by atoms with E-state index in [-0.39, 0.29) is 6.10 Å². The van der Waals surface area contributed by atoms with Crippen LogP contribution in [0.4, 0.5) is 0 Å². The molecule has 0 aliphatic rings. The van der Waals surface area contributed by atoms with Crippen LogP contribution in [0.5, 0.6) is 0 Å². The second-order valence-electron chi connectivity index (χ2n) is 5.90. The van der Waals surface area contributed by atoms with Crippen LogP contribution in [0.1, 0.15) is 90.4 Å². The van der Waals surface area contributed by atoms with Crippen LogP contribution in [0.15, 0.2) is 12.2 Å². The summed E-state index contributed by atoms with van der Waals surface area (Å²) in [6, 6.07) is 0. The molecule has 21 heavy (non-hydrogen) atoms. The van der Waals surface area contributed by atoms with E-state index in [2.05, 4.69) is 13.0 Å². The Morgan fingerprint density at radius 3 is 2.29 bits per heavy atom. The van der Waals surface area contributed by atoms with Gasteiger partial charge in [-0.25, -0.2) is 0 Å². The average Bonchev–Trinajstić information content (AvgIpc) is 2.45. The van der Waals surface area contributed by atoms with Crippen molar-refractivity contribution in [2.24, 2.45) is 0 Å². The smallest absolute Gasteiger partial charge is 0.303 e. The molecule has 0 aliphatic heterocycles. The standard InChI is InChI=1S/C18H34O3/c1-2-3-4-8-11-14-17(19)15-12-9-6-5-7-10-13-16-18(20)21/h12,15,17,19H,2-11,13-14,16H2,1H3,(H,20,21)/b15-12-/t17-/m0/s1. The van der Waals surface area contributed by atoms with Crippen LogP contribution in [0.25, 0.3) is 0 Å². The zero-order chi connectivity index (χ0) is 15.8. The van der Waals surface area contributed by atoms with Gasteiger partial charge < -0.3 is 10.2 Å². The molecule has 124 valence electrons. The van der Waals surface area contributed by atoms with Gasteiger partial charge in [-0.2, -0.15) is 0 Å². The van der Waals surface area contributed by atoms with E-state index in [1.807, 2.05) is 6.08 Å². The fraction of sp³-hybridized carbons (Fsp3) is 0.833. The highest BCUT2D eigenvalue weighted by atomic mass is 16.4. The summed E-state index contributed by atoms with van der Waals surface area (Å²) >= 11 is 0. The van der Waals surface area contributed by atoms with Gasteiger partial charge in [-0.3, -0.25) is 4.79 Å². The Morgan fingerprint density at radius 1 is 0.952 bits per heavy atom. The summed E-state index contributed by atoms with van der Waals surface area (Å²) in [4.78, 5) is 10.3. The maximum absolute atomic E-state index is 10.3. The highest BCUT2D eigenvalue weighted by molar-refractivity contribution is 5.66. The first kappa shape index (κ1) is 20.2. The predicted molar refractivity (Wildman–Crippen MR) is 88.5 cm³/mol. The topological polar surface area (TPSA) is 57.5 Å². The van der Waals surface area contributed by atoms with Crippen molar-refractivity contribution in [3.63, 3.8) is 0 Å². The van der Waals surface area contributed by atoms with Crippen LogP contribution >= 0.6 is 0 Å². The molecule has 3 nitrogen and oxygen atoms in total. The SMILES string of the molecule is CCCCCCC[C@H](O)/C=C\CCCCCCCC(=O)O. The lowest BCUT2D eigenvalue weighted by Crippen LogP contribution is -2.01. The zero-order valence-corrected chi connectivity index (χ0v) is 13.7. The highest BCUT2D eigenvalue weighted by Gasteiger charge is 1.99. The molecule has 0 spiro atoms. The van der Waals surface area contributed by atoms with Gasteiger partial charge in [0.1, 0.15) is 0 Å². The number of carbonyl (C=O) groups is 1. The van der Waals surface area contributed by atoms with E-state index in [0.717, 1.165) is 51.4 Å². The van der Waals surface area contributed by atoms with E-state index in [4.69, 9.17) is 5.11 Å². The molecule has 0 saturated carbocycles. The number of aliphatic hydroxyl groups excluding tert-OH is 1. The molecule has 1 atom stereocenters. The molecule has 0 saturated heterocycles. The number of hydrogen-bond donors (Lipinski definition) is 2. The molecular weight excluding hydrogens is 264 g/mol. The molecule has 0 fully saturated rings. The molecule has 0 aliphatic carbocycles. The fourth-order valence-electron chi connectivity index (χ4n) is 2.38. The van der Waals surface area contributed by atoms with Crippen molar-refractivity contribution in [2.75, 3.05) is 0 Å². The lowest BCUT2D eigenvalue weighted by Gasteiger charge is -2.05. The minimum absolute atomic E-state index is 0.276. The van der Waals surface area contributed by atoms with Crippen molar-refractivity contribution < 1.29 is 15.0 Å². The Hall–Kier alpha value is -0.830. The normalized spacial score (nSPS) is 12.9. The largest absolute Gasteiger partial charge is 0.481 e. The molecule has 0 aromatic heterocycles. The van der Waals surface area contributed by atoms with Gasteiger partial charge in [0.05, 0.1) is 6.10 Å². The van der Waals surface area contributed by atoms with Gasteiger partial charge in [0.25, 0.3) is 0 Å². The number of aliphatic hydroxyl groups is 1. The third-order valence-corrected chi connectivity index (χ3v) is 3.72. The van der Waals surface area contributed by atoms with Crippen molar-refractivity contribution in [1.82, 2.24) is 0 Å². The molecular formula is C18H34O3. The lowest BCUT2D eigenvalue weighted by molar-refractivity contribution is -0.137. The summed E-state index contributed by atoms with van der Waals surface area (Å²) in [7, 11) is 0. The van der Waals surface area contributed by atoms with Crippen LogP contribution in [0.3, 0.4) is 0 Å². The quantitative estimate of drug-likeness (QED) is 0.327. The lowest BCUT2D eigenvalue weighted by atomic mass is 10.1. The molecule has 0 heterocycles. The average molecular weight is 298 g/mol. The summed E-state index contributed by atoms with van der Waals surface area (Å²) in [5, 5.41) is 18.3. The van der Waals surface area contributed by atoms with Gasteiger partial charge in [-0.1, -0.05) is 70.4 Å². The van der Waals surface area contributed by atoms with Gasteiger partial charge in [-0.15, -0.1) is 0 Å². The number of rotatable bonds is 15. The summed E-state index contributed by atoms with van der Waals surface area (Å²) in [6.07, 6.45) is 17.4. The second-order valence-corrected chi connectivity index (χ2v) is 5.90. The molecule has 3 heteroatoms. The molecule has 0 radical (unpaired) electrons. The van der Waals surface area contributed by atoms with Gasteiger partial charge >= 0.3 is 5.97 Å². The number of carboxylic acids is 1. The Bertz CT molecular complexity index is 261. The van der Waals surface area contributed by atoms with Crippen LogP contribution in [0, 0.1) is 0 Å². The third-order valence-electron chi connectivity index (χ3n) is 3.72. The highest BCUT2D eigenvalue weighted by Crippen LogP contribution is 2.10. The van der Waals surface area contributed by atoms with Crippen molar-refractivity contribution >= 4 is 5.97 Å². The Morgan fingerprint density at radius 2 is 1.57 bits per heavy atom. The van der Waals surface area contributed by atoms with E-state index in [1.165, 1.54) is 25.7 Å². The Labute approximate surface area is 130 Å². The minimum Gasteiger partial charge on any atom is -0.481 e. The molecule has 2 N–H and O–H groups in total. The zero-order valence-electron chi connectivity index (χ0n) is 13.7. The van der Waals surface area contributed by atoms with Gasteiger partial charge in [0, 0.05) is 6.42 Å². The van der Waals surface area contributed by atoms with Gasteiger partial charge in [0.15, 0.2) is 0 Å². The Kier molecular flexibility index (Phi) is 14.9. The molecule has 0 unspecified atom stereocenters. The third kappa shape index (κ3) is 17.1. The van der Waals surface area contributed by atoms with Crippen molar-refractivity contribution in [3.05, 3.63) is 12.2 Å². The van der Waals surface area contributed by atoms with Crippen molar-refractivity contribution in [3.8, 4) is 0 Å². The maximum atomic E-state index is 10.3. The van der Waals surface area contributed by atoms with Gasteiger partial charge in [-0.05, 0) is 25.7 Å². The maximum Gasteiger partial charge on any atom is 0.303 e.